The van der Waals surface area contributed by atoms with E-state index in [4.69, 9.17) is 5.11 Å². The standard InChI is InChI=1S/C13H24N2O3S/c1-4-13(2,11(16)17)8-14-12(18)15-9-5-6-10(7-9)19-3/h9-10H,4-8H2,1-3H3,(H,16,17)(H2,14,15,18). The molecule has 0 aliphatic heterocycles. The van der Waals surface area contributed by atoms with Crippen LogP contribution in [0.4, 0.5) is 4.79 Å². The summed E-state index contributed by atoms with van der Waals surface area (Å²) in [5.74, 6) is -0.876. The second-order valence-electron chi connectivity index (χ2n) is 5.41. The van der Waals surface area contributed by atoms with Crippen LogP contribution in [0.1, 0.15) is 39.5 Å². The third-order valence-corrected chi connectivity index (χ3v) is 5.08. The number of aliphatic carboxylic acids is 1. The number of carbonyl (C=O) groups excluding carboxylic acids is 1. The number of carbonyl (C=O) groups is 2. The van der Waals surface area contributed by atoms with Gasteiger partial charge in [0.1, 0.15) is 0 Å². The first kappa shape index (κ1) is 16.1. The Kier molecular flexibility index (Phi) is 5.97. The van der Waals surface area contributed by atoms with Gasteiger partial charge in [-0.05, 0) is 38.9 Å². The molecular weight excluding hydrogens is 264 g/mol. The molecule has 0 aromatic heterocycles. The lowest BCUT2D eigenvalue weighted by molar-refractivity contribution is -0.147. The zero-order valence-corrected chi connectivity index (χ0v) is 12.7. The summed E-state index contributed by atoms with van der Waals surface area (Å²) in [6.07, 6.45) is 5.71. The van der Waals surface area contributed by atoms with Crippen LogP contribution < -0.4 is 10.6 Å². The Labute approximate surface area is 118 Å². The minimum absolute atomic E-state index is 0.156. The third-order valence-electron chi connectivity index (χ3n) is 3.99. The summed E-state index contributed by atoms with van der Waals surface area (Å²) in [4.78, 5) is 22.9. The predicted molar refractivity (Wildman–Crippen MR) is 77.5 cm³/mol. The number of urea groups is 1. The van der Waals surface area contributed by atoms with E-state index in [1.165, 1.54) is 0 Å². The second kappa shape index (κ2) is 7.03. The second-order valence-corrected chi connectivity index (χ2v) is 6.55. The summed E-state index contributed by atoms with van der Waals surface area (Å²) < 4.78 is 0. The summed E-state index contributed by atoms with van der Waals surface area (Å²) >= 11 is 1.84. The van der Waals surface area contributed by atoms with Gasteiger partial charge in [-0.3, -0.25) is 4.79 Å². The maximum Gasteiger partial charge on any atom is 0.315 e. The first-order valence-corrected chi connectivity index (χ1v) is 8.00. The molecule has 1 aliphatic carbocycles. The van der Waals surface area contributed by atoms with Crippen LogP contribution in [0, 0.1) is 5.41 Å². The van der Waals surface area contributed by atoms with Crippen molar-refractivity contribution >= 4 is 23.8 Å². The normalized spacial score (nSPS) is 25.6. The van der Waals surface area contributed by atoms with E-state index in [0.717, 1.165) is 19.3 Å². The molecule has 3 unspecified atom stereocenters. The van der Waals surface area contributed by atoms with Gasteiger partial charge < -0.3 is 15.7 Å². The van der Waals surface area contributed by atoms with E-state index in [1.807, 2.05) is 18.7 Å². The van der Waals surface area contributed by atoms with Crippen molar-refractivity contribution in [2.45, 2.75) is 50.8 Å². The molecule has 0 bridgehead atoms. The average Bonchev–Trinajstić information content (AvgIpc) is 2.83. The molecule has 1 fully saturated rings. The van der Waals surface area contributed by atoms with Crippen LogP contribution in [0.3, 0.4) is 0 Å². The van der Waals surface area contributed by atoms with E-state index in [0.29, 0.717) is 11.7 Å². The Hall–Kier alpha value is -0.910. The van der Waals surface area contributed by atoms with Gasteiger partial charge in [-0.1, -0.05) is 6.92 Å². The minimum Gasteiger partial charge on any atom is -0.481 e. The number of amides is 2. The van der Waals surface area contributed by atoms with Crippen molar-refractivity contribution in [1.29, 1.82) is 0 Å². The van der Waals surface area contributed by atoms with Gasteiger partial charge in [0.2, 0.25) is 0 Å². The molecule has 0 aromatic carbocycles. The van der Waals surface area contributed by atoms with Crippen LogP contribution in [0.15, 0.2) is 0 Å². The van der Waals surface area contributed by atoms with E-state index in [2.05, 4.69) is 16.9 Å². The van der Waals surface area contributed by atoms with Crippen LogP contribution >= 0.6 is 11.8 Å². The highest BCUT2D eigenvalue weighted by atomic mass is 32.2. The minimum atomic E-state index is -0.894. The van der Waals surface area contributed by atoms with Gasteiger partial charge in [0.25, 0.3) is 0 Å². The Balaban J connectivity index is 2.34. The van der Waals surface area contributed by atoms with Crippen molar-refractivity contribution in [3.63, 3.8) is 0 Å². The average molecular weight is 288 g/mol. The number of nitrogens with one attached hydrogen (secondary N) is 2. The summed E-state index contributed by atoms with van der Waals surface area (Å²) in [5, 5.41) is 15.4. The summed E-state index contributed by atoms with van der Waals surface area (Å²) in [6, 6.07) is -0.0390. The maximum atomic E-state index is 11.8. The Morgan fingerprint density at radius 2 is 2.11 bits per heavy atom. The number of rotatable bonds is 6. The largest absolute Gasteiger partial charge is 0.481 e. The van der Waals surface area contributed by atoms with Crippen LogP contribution in [0.5, 0.6) is 0 Å². The van der Waals surface area contributed by atoms with E-state index >= 15 is 0 Å². The van der Waals surface area contributed by atoms with Crippen molar-refractivity contribution in [2.75, 3.05) is 12.8 Å². The lowest BCUT2D eigenvalue weighted by atomic mass is 9.88. The van der Waals surface area contributed by atoms with E-state index in [1.54, 1.807) is 6.92 Å². The summed E-state index contributed by atoms with van der Waals surface area (Å²) in [7, 11) is 0. The number of carboxylic acid groups (broad SMARTS) is 1. The van der Waals surface area contributed by atoms with Gasteiger partial charge in [-0.25, -0.2) is 4.79 Å². The van der Waals surface area contributed by atoms with Gasteiger partial charge >= 0.3 is 12.0 Å². The highest BCUT2D eigenvalue weighted by Crippen LogP contribution is 2.28. The first-order valence-electron chi connectivity index (χ1n) is 6.72. The van der Waals surface area contributed by atoms with E-state index in [9.17, 15) is 9.59 Å². The van der Waals surface area contributed by atoms with Gasteiger partial charge in [0.15, 0.2) is 0 Å². The summed E-state index contributed by atoms with van der Waals surface area (Å²) in [5.41, 5.74) is -0.894. The lowest BCUT2D eigenvalue weighted by Gasteiger charge is -2.24. The van der Waals surface area contributed by atoms with Crippen molar-refractivity contribution in [1.82, 2.24) is 10.6 Å². The van der Waals surface area contributed by atoms with Crippen molar-refractivity contribution in [3.05, 3.63) is 0 Å². The molecule has 3 atom stereocenters. The fourth-order valence-corrected chi connectivity index (χ4v) is 2.95. The summed E-state index contributed by atoms with van der Waals surface area (Å²) in [6.45, 7) is 3.62. The predicted octanol–water partition coefficient (Wildman–Crippen LogP) is 2.07. The highest BCUT2D eigenvalue weighted by molar-refractivity contribution is 7.99. The van der Waals surface area contributed by atoms with Gasteiger partial charge in [-0.2, -0.15) is 11.8 Å². The van der Waals surface area contributed by atoms with Crippen LogP contribution in [0.25, 0.3) is 0 Å². The van der Waals surface area contributed by atoms with E-state index in [-0.39, 0.29) is 18.6 Å². The van der Waals surface area contributed by atoms with Crippen LogP contribution in [-0.2, 0) is 4.79 Å². The number of thioether (sulfide) groups is 1. The molecule has 0 aromatic rings. The maximum absolute atomic E-state index is 11.8. The van der Waals surface area contributed by atoms with Gasteiger partial charge in [0.05, 0.1) is 5.41 Å². The molecule has 0 saturated heterocycles. The SMILES string of the molecule is CCC(C)(CNC(=O)NC1CCC(SC)C1)C(=O)O. The van der Waals surface area contributed by atoms with Gasteiger partial charge in [0, 0.05) is 17.8 Å². The Morgan fingerprint density at radius 3 is 2.58 bits per heavy atom. The molecule has 5 nitrogen and oxygen atoms in total. The quantitative estimate of drug-likeness (QED) is 0.699. The molecular formula is C13H24N2O3S. The zero-order valence-electron chi connectivity index (χ0n) is 11.9. The molecule has 1 rings (SSSR count). The van der Waals surface area contributed by atoms with E-state index < -0.39 is 11.4 Å². The molecule has 0 heterocycles. The molecule has 6 heteroatoms. The molecule has 19 heavy (non-hydrogen) atoms. The topological polar surface area (TPSA) is 78.4 Å². The monoisotopic (exact) mass is 288 g/mol. The molecule has 2 amide bonds. The molecule has 1 saturated carbocycles. The highest BCUT2D eigenvalue weighted by Gasteiger charge is 2.32. The van der Waals surface area contributed by atoms with Crippen molar-refractivity contribution in [2.24, 2.45) is 5.41 Å². The third kappa shape index (κ3) is 4.60. The number of carboxylic acids is 1. The number of hydrogen-bond donors (Lipinski definition) is 3. The van der Waals surface area contributed by atoms with Crippen LogP contribution in [-0.4, -0.2) is 41.2 Å². The Morgan fingerprint density at radius 1 is 1.42 bits per heavy atom. The molecule has 1 aliphatic rings. The molecule has 110 valence electrons. The fourth-order valence-electron chi connectivity index (χ4n) is 2.15. The molecule has 0 radical (unpaired) electrons. The smallest absolute Gasteiger partial charge is 0.315 e. The Bertz CT molecular complexity index is 338. The zero-order chi connectivity index (χ0) is 14.5. The van der Waals surface area contributed by atoms with Crippen LogP contribution in [0.2, 0.25) is 0 Å². The lowest BCUT2D eigenvalue weighted by Crippen LogP contribution is -2.47. The van der Waals surface area contributed by atoms with Crippen molar-refractivity contribution in [3.8, 4) is 0 Å². The first-order chi connectivity index (χ1) is 8.91. The molecule has 0 spiro atoms. The molecule has 3 N–H and O–H groups in total. The number of hydrogen-bond acceptors (Lipinski definition) is 3. The van der Waals surface area contributed by atoms with Crippen molar-refractivity contribution < 1.29 is 14.7 Å². The fraction of sp³-hybridized carbons (Fsp3) is 0.846. The van der Waals surface area contributed by atoms with Gasteiger partial charge in [-0.15, -0.1) is 0 Å².